The summed E-state index contributed by atoms with van der Waals surface area (Å²) in [7, 11) is 0. The molecule has 1 aromatic rings. The molecule has 80 valence electrons. The summed E-state index contributed by atoms with van der Waals surface area (Å²) in [5, 5.41) is 17.7. The Balaban J connectivity index is 2.44. The van der Waals surface area contributed by atoms with Crippen LogP contribution >= 0.6 is 0 Å². The molecule has 1 unspecified atom stereocenters. The highest BCUT2D eigenvalue weighted by Crippen LogP contribution is 2.32. The Morgan fingerprint density at radius 1 is 1.50 bits per heavy atom. The van der Waals surface area contributed by atoms with Crippen molar-refractivity contribution < 1.29 is 14.7 Å². The van der Waals surface area contributed by atoms with E-state index >= 15 is 0 Å². The molecule has 0 aliphatic carbocycles. The molecule has 1 atom stereocenters. The quantitative estimate of drug-likeness (QED) is 0.792. The zero-order valence-corrected chi connectivity index (χ0v) is 8.25. The fourth-order valence-corrected chi connectivity index (χ4v) is 1.82. The third-order valence-electron chi connectivity index (χ3n) is 2.49. The van der Waals surface area contributed by atoms with Crippen LogP contribution in [0.1, 0.15) is 22.0 Å². The van der Waals surface area contributed by atoms with Gasteiger partial charge < -0.3 is 10.0 Å². The van der Waals surface area contributed by atoms with Gasteiger partial charge >= 0.3 is 5.97 Å². The molecule has 1 N–H and O–H groups in total. The van der Waals surface area contributed by atoms with Gasteiger partial charge in [0.25, 0.3) is 5.91 Å². The molecule has 1 aliphatic heterocycles. The Bertz CT molecular complexity index is 504. The minimum Gasteiger partial charge on any atom is -0.480 e. The fourth-order valence-electron chi connectivity index (χ4n) is 1.82. The number of carboxylic acids is 1. The smallest absolute Gasteiger partial charge is 0.323 e. The number of nitrogens with zero attached hydrogens (tertiary/aromatic N) is 2. The van der Waals surface area contributed by atoms with Gasteiger partial charge in [-0.3, -0.25) is 9.59 Å². The van der Waals surface area contributed by atoms with Crippen molar-refractivity contribution in [3.05, 3.63) is 35.4 Å². The van der Waals surface area contributed by atoms with Crippen molar-refractivity contribution in [1.82, 2.24) is 4.90 Å². The maximum absolute atomic E-state index is 11.8. The Kier molecular flexibility index (Phi) is 2.33. The highest BCUT2D eigenvalue weighted by atomic mass is 16.4. The van der Waals surface area contributed by atoms with Crippen LogP contribution in [0.3, 0.4) is 0 Å². The van der Waals surface area contributed by atoms with Gasteiger partial charge in [0, 0.05) is 11.1 Å². The van der Waals surface area contributed by atoms with E-state index in [1.165, 1.54) is 0 Å². The predicted octanol–water partition coefficient (Wildman–Crippen LogP) is 0.792. The summed E-state index contributed by atoms with van der Waals surface area (Å²) in [6.07, 6.45) is 0. The molecule has 1 aliphatic rings. The lowest BCUT2D eigenvalue weighted by molar-refractivity contribution is -0.137. The first kappa shape index (κ1) is 10.2. The van der Waals surface area contributed by atoms with E-state index in [9.17, 15) is 9.59 Å². The SMILES string of the molecule is N#CC1c2ccccc2C(=O)N1CC(=O)O. The first-order chi connectivity index (χ1) is 7.65. The number of fused-ring (bicyclic) bond motifs is 1. The maximum Gasteiger partial charge on any atom is 0.323 e. The van der Waals surface area contributed by atoms with E-state index < -0.39 is 24.5 Å². The van der Waals surface area contributed by atoms with Gasteiger partial charge in [-0.15, -0.1) is 0 Å². The Morgan fingerprint density at radius 2 is 2.19 bits per heavy atom. The first-order valence-electron chi connectivity index (χ1n) is 4.66. The summed E-state index contributed by atoms with van der Waals surface area (Å²) < 4.78 is 0. The lowest BCUT2D eigenvalue weighted by Gasteiger charge is -2.16. The van der Waals surface area contributed by atoms with Gasteiger partial charge in [0.2, 0.25) is 0 Å². The lowest BCUT2D eigenvalue weighted by Crippen LogP contribution is -2.32. The molecule has 16 heavy (non-hydrogen) atoms. The van der Waals surface area contributed by atoms with E-state index in [0.29, 0.717) is 11.1 Å². The van der Waals surface area contributed by atoms with E-state index in [-0.39, 0.29) is 0 Å². The standard InChI is InChI=1S/C11H8N2O3/c12-5-9-7-3-1-2-4-8(7)11(16)13(9)6-10(14)15/h1-4,9H,6H2,(H,14,15). The number of nitriles is 1. The zero-order valence-electron chi connectivity index (χ0n) is 8.25. The first-order valence-corrected chi connectivity index (χ1v) is 4.66. The van der Waals surface area contributed by atoms with Gasteiger partial charge in [-0.1, -0.05) is 18.2 Å². The molecular formula is C11H8N2O3. The van der Waals surface area contributed by atoms with Crippen LogP contribution in [0.25, 0.3) is 0 Å². The summed E-state index contributed by atoms with van der Waals surface area (Å²) >= 11 is 0. The molecule has 0 spiro atoms. The highest BCUT2D eigenvalue weighted by Gasteiger charge is 2.37. The third kappa shape index (κ3) is 1.41. The average molecular weight is 216 g/mol. The van der Waals surface area contributed by atoms with Crippen molar-refractivity contribution in [3.8, 4) is 6.07 Å². The number of carbonyl (C=O) groups is 2. The van der Waals surface area contributed by atoms with E-state index in [0.717, 1.165) is 4.90 Å². The number of hydrogen-bond acceptors (Lipinski definition) is 3. The molecule has 1 heterocycles. The molecule has 0 aromatic heterocycles. The number of carbonyl (C=O) groups excluding carboxylic acids is 1. The van der Waals surface area contributed by atoms with Crippen molar-refractivity contribution in [2.45, 2.75) is 6.04 Å². The largest absolute Gasteiger partial charge is 0.480 e. The van der Waals surface area contributed by atoms with Crippen LogP contribution in [0.5, 0.6) is 0 Å². The van der Waals surface area contributed by atoms with Gasteiger partial charge in [-0.05, 0) is 6.07 Å². The highest BCUT2D eigenvalue weighted by molar-refractivity contribution is 6.01. The summed E-state index contributed by atoms with van der Waals surface area (Å²) in [6.45, 7) is -0.453. The monoisotopic (exact) mass is 216 g/mol. The molecule has 1 amide bonds. The Labute approximate surface area is 91.5 Å². The molecule has 0 bridgehead atoms. The van der Waals surface area contributed by atoms with Gasteiger partial charge in [0.1, 0.15) is 12.6 Å². The van der Waals surface area contributed by atoms with Crippen LogP contribution in [-0.2, 0) is 4.79 Å². The summed E-state index contributed by atoms with van der Waals surface area (Å²) in [4.78, 5) is 23.5. The maximum atomic E-state index is 11.8. The van der Waals surface area contributed by atoms with E-state index in [1.54, 1.807) is 24.3 Å². The molecule has 0 radical (unpaired) electrons. The van der Waals surface area contributed by atoms with E-state index in [1.807, 2.05) is 6.07 Å². The predicted molar refractivity (Wildman–Crippen MR) is 53.5 cm³/mol. The van der Waals surface area contributed by atoms with Gasteiger partial charge in [0.15, 0.2) is 0 Å². The van der Waals surface area contributed by atoms with Crippen molar-refractivity contribution in [2.24, 2.45) is 0 Å². The summed E-state index contributed by atoms with van der Waals surface area (Å²) in [5.74, 6) is -1.52. The van der Waals surface area contributed by atoms with Crippen LogP contribution in [0.15, 0.2) is 24.3 Å². The fraction of sp³-hybridized carbons (Fsp3) is 0.182. The summed E-state index contributed by atoms with van der Waals surface area (Å²) in [6, 6.07) is 7.84. The second-order valence-corrected chi connectivity index (χ2v) is 3.45. The molecule has 0 fully saturated rings. The van der Waals surface area contributed by atoms with Crippen LogP contribution < -0.4 is 0 Å². The van der Waals surface area contributed by atoms with Crippen LogP contribution in [0, 0.1) is 11.3 Å². The van der Waals surface area contributed by atoms with Gasteiger partial charge in [0.05, 0.1) is 6.07 Å². The molecule has 5 heteroatoms. The normalized spacial score (nSPS) is 18.1. The van der Waals surface area contributed by atoms with Gasteiger partial charge in [-0.25, -0.2) is 0 Å². The average Bonchev–Trinajstić information content (AvgIpc) is 2.52. The van der Waals surface area contributed by atoms with Crippen molar-refractivity contribution in [1.29, 1.82) is 5.26 Å². The number of amides is 1. The Hall–Kier alpha value is -2.35. The second kappa shape index (κ2) is 3.66. The number of benzene rings is 1. The zero-order chi connectivity index (χ0) is 11.7. The van der Waals surface area contributed by atoms with E-state index in [2.05, 4.69) is 0 Å². The molecule has 1 aromatic carbocycles. The van der Waals surface area contributed by atoms with Crippen molar-refractivity contribution >= 4 is 11.9 Å². The molecule has 2 rings (SSSR count). The molecule has 0 saturated carbocycles. The van der Waals surface area contributed by atoms with E-state index in [4.69, 9.17) is 10.4 Å². The number of hydrogen-bond donors (Lipinski definition) is 1. The number of carboxylic acid groups (broad SMARTS) is 1. The lowest BCUT2D eigenvalue weighted by atomic mass is 10.1. The van der Waals surface area contributed by atoms with Crippen molar-refractivity contribution in [2.75, 3.05) is 6.54 Å². The third-order valence-corrected chi connectivity index (χ3v) is 2.49. The summed E-state index contributed by atoms with van der Waals surface area (Å²) in [5.41, 5.74) is 0.992. The number of aliphatic carboxylic acids is 1. The minimum absolute atomic E-state index is 0.399. The molecule has 0 saturated heterocycles. The topological polar surface area (TPSA) is 81.4 Å². The van der Waals surface area contributed by atoms with Gasteiger partial charge in [-0.2, -0.15) is 5.26 Å². The van der Waals surface area contributed by atoms with Crippen LogP contribution in [0.2, 0.25) is 0 Å². The molecule has 5 nitrogen and oxygen atoms in total. The van der Waals surface area contributed by atoms with Crippen LogP contribution in [0.4, 0.5) is 0 Å². The number of rotatable bonds is 2. The van der Waals surface area contributed by atoms with Crippen molar-refractivity contribution in [3.63, 3.8) is 0 Å². The minimum atomic E-state index is -1.12. The second-order valence-electron chi connectivity index (χ2n) is 3.45. The van der Waals surface area contributed by atoms with Crippen LogP contribution in [-0.4, -0.2) is 28.4 Å². The molecular weight excluding hydrogens is 208 g/mol. The Morgan fingerprint density at radius 3 is 2.81 bits per heavy atom.